The lowest BCUT2D eigenvalue weighted by atomic mass is 9.75. The highest BCUT2D eigenvalue weighted by Crippen LogP contribution is 2.37. The number of rotatable bonds is 8. The molecule has 0 spiro atoms. The lowest BCUT2D eigenvalue weighted by Gasteiger charge is -2.37. The summed E-state index contributed by atoms with van der Waals surface area (Å²) in [5.41, 5.74) is 2.87. The minimum atomic E-state index is 0.601. The average Bonchev–Trinajstić information content (AvgIpc) is 2.52. The van der Waals surface area contributed by atoms with Gasteiger partial charge in [-0.3, -0.25) is 4.98 Å². The number of pyridine rings is 1. The van der Waals surface area contributed by atoms with Crippen molar-refractivity contribution in [1.29, 1.82) is 0 Å². The van der Waals surface area contributed by atoms with Crippen molar-refractivity contribution in [3.63, 3.8) is 0 Å². The van der Waals surface area contributed by atoms with E-state index in [4.69, 9.17) is 4.98 Å². The summed E-state index contributed by atoms with van der Waals surface area (Å²) in [7, 11) is 0. The number of fused-ring (bicyclic) bond motifs is 1. The van der Waals surface area contributed by atoms with Crippen LogP contribution in [0.3, 0.4) is 0 Å². The average molecular weight is 288 g/mol. The predicted octanol–water partition coefficient (Wildman–Crippen LogP) is 4.70. The third-order valence-corrected chi connectivity index (χ3v) is 4.94. The summed E-state index contributed by atoms with van der Waals surface area (Å²) in [6.07, 6.45) is 11.1. The summed E-state index contributed by atoms with van der Waals surface area (Å²) in [5, 5.41) is 3.82. The summed E-state index contributed by atoms with van der Waals surface area (Å²) in [5.74, 6) is 1.40. The SMILES string of the molecule is CCCC(CCC)C(NCC)C1CCCc2cccnc21. The van der Waals surface area contributed by atoms with Gasteiger partial charge in [-0.2, -0.15) is 0 Å². The second-order valence-electron chi connectivity index (χ2n) is 6.47. The highest BCUT2D eigenvalue weighted by atomic mass is 14.9. The van der Waals surface area contributed by atoms with Gasteiger partial charge in [0.15, 0.2) is 0 Å². The minimum Gasteiger partial charge on any atom is -0.313 e. The zero-order valence-corrected chi connectivity index (χ0v) is 14.1. The third-order valence-electron chi connectivity index (χ3n) is 4.94. The maximum absolute atomic E-state index is 4.77. The molecule has 0 saturated heterocycles. The van der Waals surface area contributed by atoms with Crippen LogP contribution in [0.4, 0.5) is 0 Å². The summed E-state index contributed by atoms with van der Waals surface area (Å²) >= 11 is 0. The first-order valence-electron chi connectivity index (χ1n) is 8.98. The van der Waals surface area contributed by atoms with Gasteiger partial charge < -0.3 is 5.32 Å². The van der Waals surface area contributed by atoms with E-state index in [1.54, 1.807) is 0 Å². The second-order valence-corrected chi connectivity index (χ2v) is 6.47. The molecule has 1 heterocycles. The van der Waals surface area contributed by atoms with E-state index >= 15 is 0 Å². The maximum atomic E-state index is 4.77. The standard InChI is InChI=1S/C19H32N2/c1-4-9-15(10-5-2)18(20-6-3)17-13-7-11-16-12-8-14-21-19(16)17/h8,12,14-15,17-18,20H,4-7,9-11,13H2,1-3H3. The fraction of sp³-hybridized carbons (Fsp3) is 0.737. The van der Waals surface area contributed by atoms with Crippen molar-refractivity contribution in [2.24, 2.45) is 5.92 Å². The Morgan fingerprint density at radius 1 is 1.24 bits per heavy atom. The zero-order chi connectivity index (χ0) is 15.1. The normalized spacial score (nSPS) is 19.5. The first kappa shape index (κ1) is 16.5. The summed E-state index contributed by atoms with van der Waals surface area (Å²) in [6.45, 7) is 7.94. The monoisotopic (exact) mass is 288 g/mol. The number of likely N-dealkylation sites (N-methyl/N-ethyl adjacent to an activating group) is 1. The second kappa shape index (κ2) is 8.53. The van der Waals surface area contributed by atoms with Crippen LogP contribution in [0.2, 0.25) is 0 Å². The maximum Gasteiger partial charge on any atom is 0.0482 e. The Labute approximate surface area is 130 Å². The van der Waals surface area contributed by atoms with Crippen molar-refractivity contribution in [3.05, 3.63) is 29.6 Å². The highest BCUT2D eigenvalue weighted by molar-refractivity contribution is 5.27. The Hall–Kier alpha value is -0.890. The van der Waals surface area contributed by atoms with E-state index in [-0.39, 0.29) is 0 Å². The van der Waals surface area contributed by atoms with Crippen molar-refractivity contribution < 1.29 is 0 Å². The fourth-order valence-corrected chi connectivity index (χ4v) is 4.11. The smallest absolute Gasteiger partial charge is 0.0482 e. The van der Waals surface area contributed by atoms with Crippen LogP contribution >= 0.6 is 0 Å². The summed E-state index contributed by atoms with van der Waals surface area (Å²) in [4.78, 5) is 4.77. The van der Waals surface area contributed by atoms with Crippen molar-refractivity contribution in [1.82, 2.24) is 10.3 Å². The van der Waals surface area contributed by atoms with Crippen LogP contribution in [-0.4, -0.2) is 17.6 Å². The number of aromatic nitrogens is 1. The number of hydrogen-bond acceptors (Lipinski definition) is 2. The highest BCUT2D eigenvalue weighted by Gasteiger charge is 2.32. The minimum absolute atomic E-state index is 0.601. The van der Waals surface area contributed by atoms with Gasteiger partial charge in [0, 0.05) is 23.9 Å². The molecule has 1 aromatic rings. The van der Waals surface area contributed by atoms with E-state index in [1.165, 1.54) is 56.2 Å². The Morgan fingerprint density at radius 3 is 2.67 bits per heavy atom. The van der Waals surface area contributed by atoms with E-state index < -0.39 is 0 Å². The Morgan fingerprint density at radius 2 is 2.00 bits per heavy atom. The molecule has 1 aliphatic rings. The molecule has 0 amide bonds. The molecule has 2 rings (SSSR count). The molecule has 1 N–H and O–H groups in total. The number of hydrogen-bond donors (Lipinski definition) is 1. The fourth-order valence-electron chi connectivity index (χ4n) is 4.11. The van der Waals surface area contributed by atoms with E-state index in [0.29, 0.717) is 12.0 Å². The van der Waals surface area contributed by atoms with Gasteiger partial charge in [-0.15, -0.1) is 0 Å². The molecule has 2 unspecified atom stereocenters. The molecule has 0 aromatic carbocycles. The van der Waals surface area contributed by atoms with Crippen LogP contribution in [0.25, 0.3) is 0 Å². The number of nitrogens with one attached hydrogen (secondary N) is 1. The molecule has 2 atom stereocenters. The van der Waals surface area contributed by atoms with Gasteiger partial charge in [0.2, 0.25) is 0 Å². The molecule has 21 heavy (non-hydrogen) atoms. The van der Waals surface area contributed by atoms with E-state index in [0.717, 1.165) is 12.5 Å². The van der Waals surface area contributed by atoms with Crippen LogP contribution in [-0.2, 0) is 6.42 Å². The molecule has 0 fully saturated rings. The molecule has 1 aromatic heterocycles. The van der Waals surface area contributed by atoms with Crippen LogP contribution in [0, 0.1) is 5.92 Å². The Bertz CT molecular complexity index is 410. The molecular formula is C19H32N2. The molecule has 0 bridgehead atoms. The van der Waals surface area contributed by atoms with Crippen LogP contribution in [0.1, 0.15) is 76.5 Å². The Kier molecular flexibility index (Phi) is 6.69. The van der Waals surface area contributed by atoms with E-state index in [1.807, 2.05) is 6.20 Å². The van der Waals surface area contributed by atoms with Crippen molar-refractivity contribution in [3.8, 4) is 0 Å². The molecule has 1 aliphatic carbocycles. The van der Waals surface area contributed by atoms with Crippen molar-refractivity contribution in [2.75, 3.05) is 6.54 Å². The van der Waals surface area contributed by atoms with E-state index in [9.17, 15) is 0 Å². The van der Waals surface area contributed by atoms with Gasteiger partial charge in [-0.05, 0) is 56.2 Å². The summed E-state index contributed by atoms with van der Waals surface area (Å²) < 4.78 is 0. The first-order valence-corrected chi connectivity index (χ1v) is 8.98. The molecular weight excluding hydrogens is 256 g/mol. The molecule has 0 radical (unpaired) electrons. The largest absolute Gasteiger partial charge is 0.313 e. The zero-order valence-electron chi connectivity index (χ0n) is 14.1. The van der Waals surface area contributed by atoms with Crippen LogP contribution < -0.4 is 5.32 Å². The first-order chi connectivity index (χ1) is 10.3. The van der Waals surface area contributed by atoms with Crippen LogP contribution in [0.5, 0.6) is 0 Å². The van der Waals surface area contributed by atoms with Gasteiger partial charge in [0.1, 0.15) is 0 Å². The van der Waals surface area contributed by atoms with Gasteiger partial charge in [0.05, 0.1) is 0 Å². The van der Waals surface area contributed by atoms with E-state index in [2.05, 4.69) is 38.2 Å². The van der Waals surface area contributed by atoms with Crippen molar-refractivity contribution in [2.45, 2.75) is 77.7 Å². The van der Waals surface area contributed by atoms with Gasteiger partial charge in [-0.1, -0.05) is 39.7 Å². The topological polar surface area (TPSA) is 24.9 Å². The molecule has 118 valence electrons. The van der Waals surface area contributed by atoms with Crippen LogP contribution in [0.15, 0.2) is 18.3 Å². The lowest BCUT2D eigenvalue weighted by molar-refractivity contribution is 0.257. The number of aryl methyl sites for hydroxylation is 1. The lowest BCUT2D eigenvalue weighted by Crippen LogP contribution is -2.42. The predicted molar refractivity (Wildman–Crippen MR) is 90.7 cm³/mol. The van der Waals surface area contributed by atoms with Crippen molar-refractivity contribution >= 4 is 0 Å². The van der Waals surface area contributed by atoms with Gasteiger partial charge in [0.25, 0.3) is 0 Å². The molecule has 0 aliphatic heterocycles. The molecule has 2 heteroatoms. The quantitative estimate of drug-likeness (QED) is 0.750. The third kappa shape index (κ3) is 4.06. The van der Waals surface area contributed by atoms with Gasteiger partial charge in [-0.25, -0.2) is 0 Å². The summed E-state index contributed by atoms with van der Waals surface area (Å²) in [6, 6.07) is 4.98. The molecule has 0 saturated carbocycles. The number of nitrogens with zero attached hydrogens (tertiary/aromatic N) is 1. The molecule has 2 nitrogen and oxygen atoms in total. The Balaban J connectivity index is 2.25. The van der Waals surface area contributed by atoms with Gasteiger partial charge >= 0.3 is 0 Å².